The predicted molar refractivity (Wildman–Crippen MR) is 190 cm³/mol. The van der Waals surface area contributed by atoms with Gasteiger partial charge in [0, 0.05) is 41.2 Å². The second kappa shape index (κ2) is 11.7. The van der Waals surface area contributed by atoms with Gasteiger partial charge < -0.3 is 24.0 Å². The average Bonchev–Trinajstić information content (AvgIpc) is 3.37. The zero-order valence-electron chi connectivity index (χ0n) is 30.8. The van der Waals surface area contributed by atoms with Crippen molar-refractivity contribution in [3.63, 3.8) is 0 Å². The Labute approximate surface area is 303 Å². The van der Waals surface area contributed by atoms with Crippen LogP contribution < -0.4 is 5.32 Å². The Hall–Kier alpha value is -4.58. The van der Waals surface area contributed by atoms with Crippen LogP contribution in [0.25, 0.3) is 5.69 Å². The van der Waals surface area contributed by atoms with Crippen LogP contribution in [0.2, 0.25) is 0 Å². The summed E-state index contributed by atoms with van der Waals surface area (Å²) in [5.41, 5.74) is 1.24. The number of hydrogen-bond acceptors (Lipinski definition) is 10. The van der Waals surface area contributed by atoms with Crippen molar-refractivity contribution in [1.29, 1.82) is 0 Å². The average molecular weight is 710 g/mol. The number of nitrogens with zero attached hydrogens (tertiary/aromatic N) is 4. The second-order valence-electron chi connectivity index (χ2n) is 16.6. The van der Waals surface area contributed by atoms with Gasteiger partial charge in [0.15, 0.2) is 12.4 Å². The zero-order valence-corrected chi connectivity index (χ0v) is 30.8. The lowest BCUT2D eigenvalue weighted by molar-refractivity contribution is -0.231. The van der Waals surface area contributed by atoms with E-state index in [1.165, 1.54) is 6.92 Å². The molecule has 1 saturated heterocycles. The van der Waals surface area contributed by atoms with Crippen molar-refractivity contribution in [3.05, 3.63) is 72.5 Å². The summed E-state index contributed by atoms with van der Waals surface area (Å²) in [6.45, 7) is 14.3. The van der Waals surface area contributed by atoms with Crippen molar-refractivity contribution in [3.8, 4) is 5.69 Å². The number of rotatable bonds is 8. The van der Waals surface area contributed by atoms with Crippen molar-refractivity contribution in [2.45, 2.75) is 104 Å². The van der Waals surface area contributed by atoms with E-state index in [9.17, 15) is 14.4 Å². The number of furan rings is 1. The molecule has 1 spiro atoms. The lowest BCUT2D eigenvalue weighted by Gasteiger charge is -2.67. The number of aromatic nitrogens is 3. The van der Waals surface area contributed by atoms with E-state index in [2.05, 4.69) is 42.5 Å². The van der Waals surface area contributed by atoms with Gasteiger partial charge in [0.05, 0.1) is 30.1 Å². The summed E-state index contributed by atoms with van der Waals surface area (Å²) in [6.07, 6.45) is 11.0. The number of carbonyl (C=O) groups excluding carboxylic acids is 3. The summed E-state index contributed by atoms with van der Waals surface area (Å²) < 4.78 is 20.6. The molecule has 0 radical (unpaired) electrons. The van der Waals surface area contributed by atoms with E-state index < -0.39 is 27.9 Å². The van der Waals surface area contributed by atoms with Crippen molar-refractivity contribution >= 4 is 29.1 Å². The molecular formula is C40H47N5O7. The molecule has 3 aromatic rings. The van der Waals surface area contributed by atoms with Crippen LogP contribution in [0.4, 0.5) is 5.69 Å². The van der Waals surface area contributed by atoms with E-state index in [0.29, 0.717) is 24.2 Å². The standard InChI is InChI=1S/C40H47N5O7/c1-8-32(48)41-25-9-11-27(12-10-25)45-20-26(42-44-45)22-50-43-34-33(24-15-18-49-21-24)38(6)17-13-28-37(5)16-14-30(47)36(3,4)29(37)19-31(51-23(2)46)39(28,7)40(38)35(34)52-40/h9-12,14-16,18,20-21,28-29,31,33,35H,8,13,17,19,22H2,1-7H3,(H,41,48)/b43-34+/t28-,29+,31-,33-,35-,37-,38+,39+,40-/m1/s1. The molecule has 1 N–H and O–H groups in total. The highest BCUT2D eigenvalue weighted by atomic mass is 16.6. The van der Waals surface area contributed by atoms with Crippen LogP contribution in [0, 0.1) is 33.5 Å². The van der Waals surface area contributed by atoms with Crippen molar-refractivity contribution < 1.29 is 33.1 Å². The first-order valence-corrected chi connectivity index (χ1v) is 18.3. The van der Waals surface area contributed by atoms with E-state index in [1.54, 1.807) is 29.5 Å². The molecule has 1 aromatic carbocycles. The third kappa shape index (κ3) is 4.68. The number of allylic oxidation sites excluding steroid dienone is 2. The highest BCUT2D eigenvalue weighted by Gasteiger charge is 2.89. The summed E-state index contributed by atoms with van der Waals surface area (Å²) in [4.78, 5) is 43.9. The first kappa shape index (κ1) is 34.5. The number of ketones is 1. The van der Waals surface area contributed by atoms with Gasteiger partial charge in [-0.25, -0.2) is 4.68 Å². The van der Waals surface area contributed by atoms with Crippen LogP contribution in [0.3, 0.4) is 0 Å². The molecular weight excluding hydrogens is 662 g/mol. The Kier molecular flexibility index (Phi) is 7.77. The number of benzene rings is 1. The fourth-order valence-electron chi connectivity index (χ4n) is 11.3. The van der Waals surface area contributed by atoms with E-state index in [1.807, 2.05) is 51.1 Å². The van der Waals surface area contributed by atoms with Crippen LogP contribution in [-0.2, 0) is 35.3 Å². The molecule has 12 nitrogen and oxygen atoms in total. The Bertz CT molecular complexity index is 1980. The summed E-state index contributed by atoms with van der Waals surface area (Å²) in [7, 11) is 0. The van der Waals surface area contributed by atoms with E-state index in [4.69, 9.17) is 23.9 Å². The highest BCUT2D eigenvalue weighted by Crippen LogP contribution is 2.81. The number of hydrogen-bond donors (Lipinski definition) is 1. The largest absolute Gasteiger partial charge is 0.472 e. The number of fused-ring (bicyclic) bond motifs is 3. The Balaban J connectivity index is 1.12. The number of oxime groups is 1. The monoisotopic (exact) mass is 709 g/mol. The minimum absolute atomic E-state index is 0.00583. The van der Waals surface area contributed by atoms with Gasteiger partial charge in [0.1, 0.15) is 23.5 Å². The molecule has 0 unspecified atom stereocenters. The van der Waals surface area contributed by atoms with Gasteiger partial charge in [-0.1, -0.05) is 58.0 Å². The molecule has 12 heteroatoms. The van der Waals surface area contributed by atoms with Crippen molar-refractivity contribution in [2.24, 2.45) is 38.7 Å². The van der Waals surface area contributed by atoms with Gasteiger partial charge in [0.25, 0.3) is 0 Å². The molecule has 1 amide bonds. The van der Waals surface area contributed by atoms with Crippen LogP contribution in [0.5, 0.6) is 0 Å². The molecule has 52 heavy (non-hydrogen) atoms. The maximum Gasteiger partial charge on any atom is 0.302 e. The van der Waals surface area contributed by atoms with Gasteiger partial charge in [-0.3, -0.25) is 14.4 Å². The quantitative estimate of drug-likeness (QED) is 0.156. The molecule has 4 fully saturated rings. The number of anilines is 1. The molecule has 9 atom stereocenters. The topological polar surface area (TPSA) is 150 Å². The van der Waals surface area contributed by atoms with Crippen LogP contribution in [0.1, 0.15) is 91.3 Å². The minimum Gasteiger partial charge on any atom is -0.472 e. The molecule has 8 rings (SSSR count). The molecule has 5 aliphatic rings. The molecule has 3 heterocycles. The normalized spacial score (nSPS) is 37.4. The zero-order chi connectivity index (χ0) is 36.8. The highest BCUT2D eigenvalue weighted by molar-refractivity contribution is 6.02. The van der Waals surface area contributed by atoms with Gasteiger partial charge in [-0.15, -0.1) is 5.10 Å². The third-order valence-corrected chi connectivity index (χ3v) is 13.7. The lowest BCUT2D eigenvalue weighted by atomic mass is 9.36. The number of carbonyl (C=O) groups is 3. The SMILES string of the molecule is CCC(=O)Nc1ccc(-n2cc(CO/N=C3/[C@H]4O[C@]45[C@@]4(C)[C@H](CC[C@@]5(C)[C@@H]3c3ccoc3)[C@@]3(C)C=CC(=O)C(C)(C)[C@@H]3C[C@H]4OC(C)=O)nn2)cc1. The first-order chi connectivity index (χ1) is 24.7. The summed E-state index contributed by atoms with van der Waals surface area (Å²) in [5, 5.41) is 16.3. The maximum absolute atomic E-state index is 13.3. The van der Waals surface area contributed by atoms with Gasteiger partial charge in [-0.05, 0) is 78.5 Å². The summed E-state index contributed by atoms with van der Waals surface area (Å²) >= 11 is 0. The Morgan fingerprint density at radius 2 is 1.87 bits per heavy atom. The Morgan fingerprint density at radius 3 is 2.56 bits per heavy atom. The third-order valence-electron chi connectivity index (χ3n) is 13.7. The maximum atomic E-state index is 13.3. The smallest absolute Gasteiger partial charge is 0.302 e. The predicted octanol–water partition coefficient (Wildman–Crippen LogP) is 6.56. The van der Waals surface area contributed by atoms with Gasteiger partial charge in [0.2, 0.25) is 5.91 Å². The van der Waals surface area contributed by atoms with E-state index in [0.717, 1.165) is 29.8 Å². The van der Waals surface area contributed by atoms with E-state index >= 15 is 0 Å². The molecule has 2 aromatic heterocycles. The number of ether oxygens (including phenoxy) is 2. The molecule has 4 aliphatic carbocycles. The Morgan fingerprint density at radius 1 is 1.10 bits per heavy atom. The fraction of sp³-hybridized carbons (Fsp3) is 0.550. The first-order valence-electron chi connectivity index (χ1n) is 18.3. The van der Waals surface area contributed by atoms with Crippen molar-refractivity contribution in [1.82, 2.24) is 15.0 Å². The number of esters is 1. The minimum atomic E-state index is -0.702. The molecule has 274 valence electrons. The number of amides is 1. The van der Waals surface area contributed by atoms with Crippen LogP contribution in [-0.4, -0.2) is 56.2 Å². The fourth-order valence-corrected chi connectivity index (χ4v) is 11.3. The van der Waals surface area contributed by atoms with E-state index in [-0.39, 0.29) is 53.5 Å². The lowest BCUT2D eigenvalue weighted by Crippen LogP contribution is -2.70. The van der Waals surface area contributed by atoms with Crippen LogP contribution >= 0.6 is 0 Å². The van der Waals surface area contributed by atoms with Crippen LogP contribution in [0.15, 0.2) is 70.8 Å². The second-order valence-corrected chi connectivity index (χ2v) is 16.6. The molecule has 3 saturated carbocycles. The summed E-state index contributed by atoms with van der Waals surface area (Å²) in [5.74, 6) is -0.365. The van der Waals surface area contributed by atoms with Gasteiger partial charge >= 0.3 is 5.97 Å². The molecule has 0 bridgehead atoms. The van der Waals surface area contributed by atoms with Gasteiger partial charge in [-0.2, -0.15) is 0 Å². The molecule has 1 aliphatic heterocycles. The number of nitrogens with one attached hydrogen (secondary N) is 1. The number of epoxide rings is 1. The van der Waals surface area contributed by atoms with Crippen molar-refractivity contribution in [2.75, 3.05) is 5.32 Å². The summed E-state index contributed by atoms with van der Waals surface area (Å²) in [6, 6.07) is 9.35.